The van der Waals surface area contributed by atoms with Crippen LogP contribution >= 0.6 is 35.4 Å². The van der Waals surface area contributed by atoms with E-state index in [1.165, 1.54) is 7.11 Å². The summed E-state index contributed by atoms with van der Waals surface area (Å²) in [5.74, 6) is 1.09. The van der Waals surface area contributed by atoms with Gasteiger partial charge in [-0.25, -0.2) is 0 Å². The van der Waals surface area contributed by atoms with Crippen molar-refractivity contribution in [1.82, 2.24) is 10.3 Å². The highest BCUT2D eigenvalue weighted by molar-refractivity contribution is 7.80. The maximum Gasteiger partial charge on any atom is 0.250 e. The smallest absolute Gasteiger partial charge is 0.250 e. The number of furan rings is 1. The summed E-state index contributed by atoms with van der Waals surface area (Å²) in [6, 6.07) is 20.0. The molecule has 0 aliphatic carbocycles. The van der Waals surface area contributed by atoms with Crippen LogP contribution in [0.5, 0.6) is 0 Å². The number of ether oxygens (including phenoxy) is 1. The van der Waals surface area contributed by atoms with Gasteiger partial charge in [-0.3, -0.25) is 9.78 Å². The molecule has 1 amide bonds. The summed E-state index contributed by atoms with van der Waals surface area (Å²) in [5.41, 5.74) is 3.99. The predicted molar refractivity (Wildman–Crippen MR) is 154 cm³/mol. The van der Waals surface area contributed by atoms with E-state index in [4.69, 9.17) is 44.6 Å². The monoisotopic (exact) mass is 566 g/mol. The molecule has 38 heavy (non-hydrogen) atoms. The summed E-state index contributed by atoms with van der Waals surface area (Å²) in [4.78, 5) is 18.5. The average molecular weight is 567 g/mol. The van der Waals surface area contributed by atoms with Gasteiger partial charge in [-0.15, -0.1) is 0 Å². The molecule has 5 rings (SSSR count). The molecular weight excluding hydrogens is 543 g/mol. The van der Waals surface area contributed by atoms with Crippen LogP contribution in [0, 0.1) is 6.92 Å². The molecule has 4 aromatic rings. The highest BCUT2D eigenvalue weighted by Gasteiger charge is 2.42. The SMILES string of the molecule is COCC(=O)Nc1ccc(N2C(=S)NC(c3ccccn3)C2c2ccc(-c3cc(Cl)ccc3C)o2)cc1Cl. The summed E-state index contributed by atoms with van der Waals surface area (Å²) >= 11 is 18.6. The number of hydrogen-bond acceptors (Lipinski definition) is 5. The number of rotatable bonds is 7. The zero-order valence-corrected chi connectivity index (χ0v) is 22.9. The van der Waals surface area contributed by atoms with Crippen molar-refractivity contribution < 1.29 is 13.9 Å². The van der Waals surface area contributed by atoms with Crippen molar-refractivity contribution in [3.63, 3.8) is 0 Å². The number of carbonyl (C=O) groups excluding carboxylic acids is 1. The van der Waals surface area contributed by atoms with Crippen molar-refractivity contribution in [3.8, 4) is 11.3 Å². The van der Waals surface area contributed by atoms with Crippen LogP contribution in [0.25, 0.3) is 11.3 Å². The molecule has 3 heterocycles. The van der Waals surface area contributed by atoms with Crippen LogP contribution in [0.2, 0.25) is 10.0 Å². The second kappa shape index (κ2) is 11.1. The van der Waals surface area contributed by atoms with Crippen LogP contribution in [0.15, 0.2) is 77.3 Å². The predicted octanol–water partition coefficient (Wildman–Crippen LogP) is 6.72. The van der Waals surface area contributed by atoms with E-state index in [0.717, 1.165) is 22.5 Å². The van der Waals surface area contributed by atoms with Crippen LogP contribution in [0.1, 0.15) is 29.1 Å². The Hall–Kier alpha value is -3.43. The maximum absolute atomic E-state index is 12.0. The number of anilines is 2. The molecule has 0 radical (unpaired) electrons. The second-order valence-corrected chi connectivity index (χ2v) is 10.0. The van der Waals surface area contributed by atoms with Crippen LogP contribution in [0.4, 0.5) is 11.4 Å². The van der Waals surface area contributed by atoms with Gasteiger partial charge in [-0.05, 0) is 79.3 Å². The third-order valence-electron chi connectivity index (χ3n) is 6.26. The largest absolute Gasteiger partial charge is 0.459 e. The van der Waals surface area contributed by atoms with E-state index in [0.29, 0.717) is 32.4 Å². The number of halogens is 2. The molecular formula is C28H24Cl2N4O3S. The fraction of sp³-hybridized carbons (Fsp3) is 0.179. The molecule has 0 spiro atoms. The van der Waals surface area contributed by atoms with Gasteiger partial charge in [0.05, 0.1) is 22.4 Å². The molecule has 194 valence electrons. The number of hydrogen-bond donors (Lipinski definition) is 2. The first kappa shape index (κ1) is 26.2. The van der Waals surface area contributed by atoms with E-state index in [1.54, 1.807) is 18.3 Å². The number of carbonyl (C=O) groups is 1. The van der Waals surface area contributed by atoms with Gasteiger partial charge in [-0.2, -0.15) is 0 Å². The number of nitrogens with one attached hydrogen (secondary N) is 2. The van der Waals surface area contributed by atoms with Crippen molar-refractivity contribution in [2.75, 3.05) is 23.9 Å². The Labute approximate surface area is 235 Å². The molecule has 2 aromatic carbocycles. The molecule has 2 aromatic heterocycles. The Morgan fingerprint density at radius 1 is 1.16 bits per heavy atom. The first-order valence-corrected chi connectivity index (χ1v) is 13.0. The van der Waals surface area contributed by atoms with Gasteiger partial charge in [0.2, 0.25) is 5.91 Å². The van der Waals surface area contributed by atoms with Gasteiger partial charge in [-0.1, -0.05) is 35.3 Å². The van der Waals surface area contributed by atoms with Gasteiger partial charge in [0.1, 0.15) is 24.2 Å². The molecule has 0 saturated carbocycles. The minimum absolute atomic E-state index is 0.0705. The first-order valence-electron chi connectivity index (χ1n) is 11.8. The van der Waals surface area contributed by atoms with Gasteiger partial charge >= 0.3 is 0 Å². The van der Waals surface area contributed by atoms with E-state index < -0.39 is 0 Å². The van der Waals surface area contributed by atoms with Crippen molar-refractivity contribution in [1.29, 1.82) is 0 Å². The van der Waals surface area contributed by atoms with Crippen LogP contribution in [-0.2, 0) is 9.53 Å². The molecule has 2 N–H and O–H groups in total. The Balaban J connectivity index is 1.55. The van der Waals surface area contributed by atoms with Crippen molar-refractivity contribution >= 4 is 57.8 Å². The topological polar surface area (TPSA) is 79.6 Å². The summed E-state index contributed by atoms with van der Waals surface area (Å²) in [6.07, 6.45) is 1.75. The number of aromatic nitrogens is 1. The number of benzene rings is 2. The van der Waals surface area contributed by atoms with Crippen LogP contribution in [-0.4, -0.2) is 29.7 Å². The standard InChI is InChI=1S/C28H24Cl2N4O3S/c1-16-6-7-17(29)13-19(16)23-10-11-24(37-23)27-26(22-5-3-4-12-31-22)33-28(38)34(27)18-8-9-21(20(30)14-18)32-25(35)15-36-2/h3-14,26-27H,15H2,1-2H3,(H,32,35)(H,33,38). The van der Waals surface area contributed by atoms with E-state index in [-0.39, 0.29) is 24.6 Å². The number of aryl methyl sites for hydroxylation is 1. The van der Waals surface area contributed by atoms with E-state index in [2.05, 4.69) is 15.6 Å². The van der Waals surface area contributed by atoms with Crippen molar-refractivity contribution in [2.24, 2.45) is 0 Å². The number of methoxy groups -OCH3 is 1. The quantitative estimate of drug-likeness (QED) is 0.240. The molecule has 2 unspecified atom stereocenters. The molecule has 0 bridgehead atoms. The molecule has 1 aliphatic rings. The lowest BCUT2D eigenvalue weighted by atomic mass is 10.0. The lowest BCUT2D eigenvalue weighted by Gasteiger charge is -2.26. The highest BCUT2D eigenvalue weighted by Crippen LogP contribution is 2.44. The van der Waals surface area contributed by atoms with Gasteiger partial charge < -0.3 is 24.7 Å². The van der Waals surface area contributed by atoms with E-state index >= 15 is 0 Å². The van der Waals surface area contributed by atoms with E-state index in [1.807, 2.05) is 66.4 Å². The lowest BCUT2D eigenvalue weighted by molar-refractivity contribution is -0.119. The second-order valence-electron chi connectivity index (χ2n) is 8.80. The molecule has 2 atom stereocenters. The number of amides is 1. The fourth-order valence-electron chi connectivity index (χ4n) is 4.51. The molecule has 1 saturated heterocycles. The molecule has 1 aliphatic heterocycles. The van der Waals surface area contributed by atoms with Crippen molar-refractivity contribution in [2.45, 2.75) is 19.0 Å². The zero-order chi connectivity index (χ0) is 26.8. The minimum atomic E-state index is -0.365. The Bertz CT molecular complexity index is 1490. The van der Waals surface area contributed by atoms with Gasteiger partial charge in [0.15, 0.2) is 5.11 Å². The summed E-state index contributed by atoms with van der Waals surface area (Å²) in [7, 11) is 1.46. The Kier molecular flexibility index (Phi) is 7.67. The number of pyridine rings is 1. The average Bonchev–Trinajstić information content (AvgIpc) is 3.52. The molecule has 10 heteroatoms. The Morgan fingerprint density at radius 3 is 2.74 bits per heavy atom. The summed E-state index contributed by atoms with van der Waals surface area (Å²) in [6.45, 7) is 1.94. The third kappa shape index (κ3) is 5.26. The normalized spacial score (nSPS) is 16.9. The Morgan fingerprint density at radius 2 is 2.00 bits per heavy atom. The summed E-state index contributed by atoms with van der Waals surface area (Å²) < 4.78 is 11.3. The third-order valence-corrected chi connectivity index (χ3v) is 7.12. The zero-order valence-electron chi connectivity index (χ0n) is 20.6. The van der Waals surface area contributed by atoms with E-state index in [9.17, 15) is 4.79 Å². The molecule has 1 fully saturated rings. The van der Waals surface area contributed by atoms with Gasteiger partial charge in [0.25, 0.3) is 0 Å². The van der Waals surface area contributed by atoms with Crippen LogP contribution in [0.3, 0.4) is 0 Å². The number of nitrogens with zero attached hydrogens (tertiary/aromatic N) is 2. The highest BCUT2D eigenvalue weighted by atomic mass is 35.5. The first-order chi connectivity index (χ1) is 18.4. The maximum atomic E-state index is 12.0. The van der Waals surface area contributed by atoms with Gasteiger partial charge in [0, 0.05) is 29.6 Å². The number of thiocarbonyl (C=S) groups is 1. The lowest BCUT2D eigenvalue weighted by Crippen LogP contribution is -2.29. The minimum Gasteiger partial charge on any atom is -0.459 e. The van der Waals surface area contributed by atoms with Crippen LogP contribution < -0.4 is 15.5 Å². The summed E-state index contributed by atoms with van der Waals surface area (Å²) in [5, 5.41) is 7.64. The fourth-order valence-corrected chi connectivity index (χ4v) is 5.25. The molecule has 7 nitrogen and oxygen atoms in total. The van der Waals surface area contributed by atoms with Crippen molar-refractivity contribution in [3.05, 3.63) is 100.0 Å².